The lowest BCUT2D eigenvalue weighted by molar-refractivity contribution is 0.0929. The van der Waals surface area contributed by atoms with Crippen LogP contribution >= 0.6 is 15.9 Å². The normalized spacial score (nSPS) is 11.9. The second-order valence-corrected chi connectivity index (χ2v) is 6.69. The van der Waals surface area contributed by atoms with Gasteiger partial charge in [0.15, 0.2) is 0 Å². The number of halogens is 1. The van der Waals surface area contributed by atoms with E-state index < -0.39 is 0 Å². The lowest BCUT2D eigenvalue weighted by Crippen LogP contribution is -2.35. The number of hydrogen-bond acceptors (Lipinski definition) is 4. The molecule has 0 radical (unpaired) electrons. The van der Waals surface area contributed by atoms with E-state index in [2.05, 4.69) is 21.2 Å². The van der Waals surface area contributed by atoms with Crippen LogP contribution < -0.4 is 14.8 Å². The molecule has 134 valence electrons. The Bertz CT molecular complexity index is 695. The molecule has 0 saturated heterocycles. The van der Waals surface area contributed by atoms with Crippen LogP contribution in [0.1, 0.15) is 22.0 Å². The van der Waals surface area contributed by atoms with Crippen molar-refractivity contribution in [2.45, 2.75) is 6.04 Å². The van der Waals surface area contributed by atoms with Crippen molar-refractivity contribution in [1.29, 1.82) is 0 Å². The quantitative estimate of drug-likeness (QED) is 0.764. The average Bonchev–Trinajstić information content (AvgIpc) is 2.61. The molecular formula is C19H23BrN2O3. The van der Waals surface area contributed by atoms with Crippen molar-refractivity contribution in [3.05, 3.63) is 58.1 Å². The Morgan fingerprint density at radius 3 is 2.16 bits per heavy atom. The number of rotatable bonds is 7. The van der Waals surface area contributed by atoms with Crippen LogP contribution in [0.5, 0.6) is 11.5 Å². The predicted molar refractivity (Wildman–Crippen MR) is 102 cm³/mol. The highest BCUT2D eigenvalue weighted by Gasteiger charge is 2.19. The molecule has 0 spiro atoms. The van der Waals surface area contributed by atoms with E-state index in [4.69, 9.17) is 9.47 Å². The van der Waals surface area contributed by atoms with E-state index in [1.54, 1.807) is 26.4 Å². The lowest BCUT2D eigenvalue weighted by Gasteiger charge is -2.23. The minimum atomic E-state index is -0.181. The van der Waals surface area contributed by atoms with Gasteiger partial charge in [-0.25, -0.2) is 0 Å². The smallest absolute Gasteiger partial charge is 0.252 e. The van der Waals surface area contributed by atoms with Gasteiger partial charge >= 0.3 is 0 Å². The number of hydrogen-bond donors (Lipinski definition) is 1. The molecular weight excluding hydrogens is 384 g/mol. The van der Waals surface area contributed by atoms with Crippen molar-refractivity contribution in [3.8, 4) is 11.5 Å². The van der Waals surface area contributed by atoms with Gasteiger partial charge in [-0.1, -0.05) is 30.3 Å². The number of ether oxygens (including phenoxy) is 2. The van der Waals surface area contributed by atoms with Crippen LogP contribution in [-0.2, 0) is 0 Å². The molecule has 0 saturated carbocycles. The Labute approximate surface area is 157 Å². The van der Waals surface area contributed by atoms with E-state index in [-0.39, 0.29) is 11.9 Å². The fraction of sp³-hybridized carbons (Fsp3) is 0.316. The highest BCUT2D eigenvalue weighted by Crippen LogP contribution is 2.35. The van der Waals surface area contributed by atoms with E-state index in [9.17, 15) is 4.79 Å². The molecule has 0 aromatic heterocycles. The number of nitrogens with one attached hydrogen (secondary N) is 1. The molecule has 5 nitrogen and oxygen atoms in total. The minimum absolute atomic E-state index is 0.121. The highest BCUT2D eigenvalue weighted by molar-refractivity contribution is 9.10. The maximum absolute atomic E-state index is 12.8. The molecule has 0 heterocycles. The molecule has 6 heteroatoms. The molecule has 1 N–H and O–H groups in total. The summed E-state index contributed by atoms with van der Waals surface area (Å²) >= 11 is 3.42. The van der Waals surface area contributed by atoms with Crippen LogP contribution in [0.2, 0.25) is 0 Å². The summed E-state index contributed by atoms with van der Waals surface area (Å²) in [5, 5.41) is 3.10. The van der Waals surface area contributed by atoms with E-state index in [1.807, 2.05) is 49.3 Å². The molecule has 2 aromatic rings. The number of benzene rings is 2. The number of methoxy groups -OCH3 is 2. The monoisotopic (exact) mass is 406 g/mol. The first-order valence-electron chi connectivity index (χ1n) is 7.88. The Morgan fingerprint density at radius 1 is 1.12 bits per heavy atom. The van der Waals surface area contributed by atoms with Crippen LogP contribution in [0.3, 0.4) is 0 Å². The van der Waals surface area contributed by atoms with Crippen LogP contribution in [0.25, 0.3) is 0 Å². The van der Waals surface area contributed by atoms with Crippen molar-refractivity contribution in [2.75, 3.05) is 34.9 Å². The maximum atomic E-state index is 12.8. The van der Waals surface area contributed by atoms with Crippen LogP contribution in [0, 0.1) is 0 Å². The fourth-order valence-electron chi connectivity index (χ4n) is 2.53. The lowest BCUT2D eigenvalue weighted by atomic mass is 10.1. The van der Waals surface area contributed by atoms with E-state index >= 15 is 0 Å². The zero-order chi connectivity index (χ0) is 18.4. The predicted octanol–water partition coefficient (Wildman–Crippen LogP) is 3.50. The Hall–Kier alpha value is -2.05. The van der Waals surface area contributed by atoms with Gasteiger partial charge in [0, 0.05) is 12.1 Å². The first kappa shape index (κ1) is 19.3. The third-order valence-corrected chi connectivity index (χ3v) is 4.54. The molecule has 1 amide bonds. The number of nitrogens with zero attached hydrogens (tertiary/aromatic N) is 1. The van der Waals surface area contributed by atoms with Crippen molar-refractivity contribution < 1.29 is 14.3 Å². The Balaban J connectivity index is 2.29. The molecule has 0 bridgehead atoms. The van der Waals surface area contributed by atoms with Crippen molar-refractivity contribution >= 4 is 21.8 Å². The summed E-state index contributed by atoms with van der Waals surface area (Å²) in [6.07, 6.45) is 0. The maximum Gasteiger partial charge on any atom is 0.252 e. The summed E-state index contributed by atoms with van der Waals surface area (Å²) in [7, 11) is 7.07. The first-order valence-corrected chi connectivity index (χ1v) is 8.67. The van der Waals surface area contributed by atoms with E-state index in [1.165, 1.54) is 0 Å². The number of amides is 1. The second-order valence-electron chi connectivity index (χ2n) is 5.89. The van der Waals surface area contributed by atoms with Gasteiger partial charge in [0.05, 0.1) is 20.3 Å². The molecule has 25 heavy (non-hydrogen) atoms. The molecule has 2 rings (SSSR count). The molecule has 0 aliphatic heterocycles. The van der Waals surface area contributed by atoms with Gasteiger partial charge in [0.2, 0.25) is 0 Å². The topological polar surface area (TPSA) is 50.8 Å². The SMILES string of the molecule is COc1cc(C(=O)N[C@H](CN(C)C)c2ccccc2)cc(OC)c1Br. The van der Waals surface area contributed by atoms with Gasteiger partial charge in [-0.2, -0.15) is 0 Å². The van der Waals surface area contributed by atoms with E-state index in [0.29, 0.717) is 28.1 Å². The number of likely N-dealkylation sites (N-methyl/N-ethyl adjacent to an activating group) is 1. The molecule has 0 aliphatic carbocycles. The van der Waals surface area contributed by atoms with Gasteiger partial charge in [-0.05, 0) is 47.7 Å². The Morgan fingerprint density at radius 2 is 1.68 bits per heavy atom. The van der Waals surface area contributed by atoms with Crippen LogP contribution in [-0.4, -0.2) is 45.7 Å². The summed E-state index contributed by atoms with van der Waals surface area (Å²) in [5.74, 6) is 0.918. The molecule has 0 aliphatic rings. The minimum Gasteiger partial charge on any atom is -0.495 e. The largest absolute Gasteiger partial charge is 0.495 e. The van der Waals surface area contributed by atoms with Crippen molar-refractivity contribution in [3.63, 3.8) is 0 Å². The third kappa shape index (κ3) is 4.96. The molecule has 2 aromatic carbocycles. The van der Waals surface area contributed by atoms with Gasteiger partial charge in [0.25, 0.3) is 5.91 Å². The first-order chi connectivity index (χ1) is 12.0. The van der Waals surface area contributed by atoms with Crippen molar-refractivity contribution in [2.24, 2.45) is 0 Å². The Kier molecular flexibility index (Phi) is 6.84. The number of carbonyl (C=O) groups is 1. The third-order valence-electron chi connectivity index (χ3n) is 3.76. The summed E-state index contributed by atoms with van der Waals surface area (Å²) in [4.78, 5) is 14.8. The molecule has 1 atom stereocenters. The molecule has 0 unspecified atom stereocenters. The highest BCUT2D eigenvalue weighted by atomic mass is 79.9. The van der Waals surface area contributed by atoms with Crippen molar-refractivity contribution in [1.82, 2.24) is 10.2 Å². The summed E-state index contributed by atoms with van der Waals surface area (Å²) in [6, 6.07) is 13.2. The standard InChI is InChI=1S/C19H23BrN2O3/c1-22(2)12-15(13-8-6-5-7-9-13)21-19(23)14-10-16(24-3)18(20)17(11-14)25-4/h5-11,15H,12H2,1-4H3,(H,21,23)/t15-/m1/s1. The van der Waals surface area contributed by atoms with Crippen LogP contribution in [0.4, 0.5) is 0 Å². The zero-order valence-corrected chi connectivity index (χ0v) is 16.5. The van der Waals surface area contributed by atoms with Gasteiger partial charge in [-0.3, -0.25) is 4.79 Å². The summed E-state index contributed by atoms with van der Waals surface area (Å²) < 4.78 is 11.3. The van der Waals surface area contributed by atoms with Crippen LogP contribution in [0.15, 0.2) is 46.9 Å². The fourth-order valence-corrected chi connectivity index (χ4v) is 3.08. The average molecular weight is 407 g/mol. The summed E-state index contributed by atoms with van der Waals surface area (Å²) in [6.45, 7) is 0.695. The summed E-state index contributed by atoms with van der Waals surface area (Å²) in [5.41, 5.74) is 1.54. The zero-order valence-electron chi connectivity index (χ0n) is 14.9. The molecule has 0 fully saturated rings. The van der Waals surface area contributed by atoms with Gasteiger partial charge < -0.3 is 19.7 Å². The van der Waals surface area contributed by atoms with E-state index in [0.717, 1.165) is 5.56 Å². The van der Waals surface area contributed by atoms with Gasteiger partial charge in [0.1, 0.15) is 16.0 Å². The second kappa shape index (κ2) is 8.87. The van der Waals surface area contributed by atoms with Gasteiger partial charge in [-0.15, -0.1) is 0 Å². The number of carbonyl (C=O) groups excluding carboxylic acids is 1.